The molecule has 3 heterocycles. The molecule has 128 valence electrons. The van der Waals surface area contributed by atoms with Gasteiger partial charge < -0.3 is 10.3 Å². The van der Waals surface area contributed by atoms with Gasteiger partial charge in [-0.05, 0) is 26.7 Å². The largest absolute Gasteiger partial charge is 0.346 e. The lowest BCUT2D eigenvalue weighted by Gasteiger charge is -2.24. The molecule has 0 bridgehead atoms. The van der Waals surface area contributed by atoms with Gasteiger partial charge in [0.2, 0.25) is 5.91 Å². The molecule has 1 unspecified atom stereocenters. The molecule has 2 aliphatic rings. The number of H-pyrrole nitrogens is 1. The van der Waals surface area contributed by atoms with E-state index in [1.54, 1.807) is 0 Å². The van der Waals surface area contributed by atoms with Gasteiger partial charge in [0.25, 0.3) is 0 Å². The van der Waals surface area contributed by atoms with E-state index in [2.05, 4.69) is 28.8 Å². The fourth-order valence-corrected chi connectivity index (χ4v) is 4.26. The van der Waals surface area contributed by atoms with Crippen molar-refractivity contribution in [3.8, 4) is 0 Å². The summed E-state index contributed by atoms with van der Waals surface area (Å²) in [5.74, 6) is 1.95. The highest BCUT2D eigenvalue weighted by molar-refractivity contribution is 5.94. The van der Waals surface area contributed by atoms with E-state index in [1.807, 2.05) is 6.92 Å². The maximum absolute atomic E-state index is 12.4. The van der Waals surface area contributed by atoms with Crippen molar-refractivity contribution in [1.29, 1.82) is 0 Å². The molecular formula is C18H25N5O. The summed E-state index contributed by atoms with van der Waals surface area (Å²) in [6.45, 7) is 6.19. The lowest BCUT2D eigenvalue weighted by Crippen LogP contribution is -2.26. The molecule has 1 fully saturated rings. The molecule has 2 aromatic heterocycles. The number of carbonyl (C=O) groups is 1. The Morgan fingerprint density at radius 3 is 2.67 bits per heavy atom. The number of nitrogens with one attached hydrogen (secondary N) is 2. The number of carbonyl (C=O) groups excluding carboxylic acids is 1. The topological polar surface area (TPSA) is 75.6 Å². The molecule has 0 aromatic carbocycles. The second-order valence-electron chi connectivity index (χ2n) is 7.08. The lowest BCUT2D eigenvalue weighted by molar-refractivity contribution is -0.116. The van der Waals surface area contributed by atoms with E-state index in [0.29, 0.717) is 12.5 Å². The van der Waals surface area contributed by atoms with Gasteiger partial charge in [-0.25, -0.2) is 9.67 Å². The van der Waals surface area contributed by atoms with Gasteiger partial charge in [0.05, 0.1) is 17.4 Å². The van der Waals surface area contributed by atoms with Crippen LogP contribution >= 0.6 is 0 Å². The number of aromatic amines is 1. The number of aryl methyl sites for hydroxylation is 3. The second kappa shape index (κ2) is 5.76. The Bertz CT molecular complexity index is 782. The zero-order valence-electron chi connectivity index (χ0n) is 14.6. The minimum absolute atomic E-state index is 0.000420. The first-order valence-corrected chi connectivity index (χ1v) is 9.02. The standard InChI is InChI=1S/C18H25N5O/c1-4-14-19-11(3)17(20-14)13-9-15(24)21-18-16(13)10(2)22-23(18)12-7-5-6-8-12/h12-13H,4-9H2,1-3H3,(H,19,20)(H,21,24). The smallest absolute Gasteiger partial charge is 0.226 e. The van der Waals surface area contributed by atoms with E-state index in [9.17, 15) is 4.79 Å². The summed E-state index contributed by atoms with van der Waals surface area (Å²) < 4.78 is 2.07. The summed E-state index contributed by atoms with van der Waals surface area (Å²) in [4.78, 5) is 20.5. The van der Waals surface area contributed by atoms with Crippen molar-refractivity contribution in [2.75, 3.05) is 5.32 Å². The average Bonchev–Trinajstić information content (AvgIpc) is 3.26. The molecule has 0 spiro atoms. The Labute approximate surface area is 142 Å². The highest BCUT2D eigenvalue weighted by Gasteiger charge is 2.36. The zero-order chi connectivity index (χ0) is 16.8. The quantitative estimate of drug-likeness (QED) is 0.907. The van der Waals surface area contributed by atoms with E-state index in [1.165, 1.54) is 12.8 Å². The van der Waals surface area contributed by atoms with Gasteiger partial charge >= 0.3 is 0 Å². The number of amides is 1. The van der Waals surface area contributed by atoms with Gasteiger partial charge in [-0.1, -0.05) is 19.8 Å². The normalized spacial score (nSPS) is 21.1. The van der Waals surface area contributed by atoms with Gasteiger partial charge in [0.15, 0.2) is 0 Å². The van der Waals surface area contributed by atoms with Crippen molar-refractivity contribution in [3.05, 3.63) is 28.5 Å². The number of rotatable bonds is 3. The predicted octanol–water partition coefficient (Wildman–Crippen LogP) is 3.37. The van der Waals surface area contributed by atoms with E-state index in [0.717, 1.165) is 53.5 Å². The molecule has 6 nitrogen and oxygen atoms in total. The van der Waals surface area contributed by atoms with Crippen LogP contribution in [0.25, 0.3) is 0 Å². The first kappa shape index (κ1) is 15.4. The van der Waals surface area contributed by atoms with Crippen molar-refractivity contribution in [3.63, 3.8) is 0 Å². The molecule has 1 amide bonds. The molecule has 6 heteroatoms. The highest BCUT2D eigenvalue weighted by atomic mass is 16.1. The Hall–Kier alpha value is -2.11. The number of hydrogen-bond acceptors (Lipinski definition) is 3. The minimum Gasteiger partial charge on any atom is -0.346 e. The molecule has 2 N–H and O–H groups in total. The van der Waals surface area contributed by atoms with Crippen molar-refractivity contribution in [2.24, 2.45) is 0 Å². The van der Waals surface area contributed by atoms with Crippen LogP contribution in [-0.2, 0) is 11.2 Å². The minimum atomic E-state index is 0.000420. The third kappa shape index (κ3) is 2.36. The van der Waals surface area contributed by atoms with Crippen LogP contribution in [0.1, 0.15) is 79.5 Å². The average molecular weight is 327 g/mol. The van der Waals surface area contributed by atoms with Crippen LogP contribution in [0.3, 0.4) is 0 Å². The molecule has 4 rings (SSSR count). The van der Waals surface area contributed by atoms with E-state index >= 15 is 0 Å². The Morgan fingerprint density at radius 2 is 2.00 bits per heavy atom. The van der Waals surface area contributed by atoms with E-state index < -0.39 is 0 Å². The van der Waals surface area contributed by atoms with Gasteiger partial charge in [0, 0.05) is 30.0 Å². The fraction of sp³-hybridized carbons (Fsp3) is 0.611. The maximum Gasteiger partial charge on any atom is 0.226 e. The van der Waals surface area contributed by atoms with Crippen molar-refractivity contribution >= 4 is 11.7 Å². The third-order valence-electron chi connectivity index (χ3n) is 5.43. The summed E-state index contributed by atoms with van der Waals surface area (Å²) in [7, 11) is 0. The molecule has 1 atom stereocenters. The predicted molar refractivity (Wildman–Crippen MR) is 92.3 cm³/mol. The van der Waals surface area contributed by atoms with Gasteiger partial charge in [-0.15, -0.1) is 0 Å². The van der Waals surface area contributed by atoms with Crippen molar-refractivity contribution in [2.45, 2.75) is 71.3 Å². The van der Waals surface area contributed by atoms with Crippen LogP contribution in [0, 0.1) is 13.8 Å². The molecule has 2 aromatic rings. The molecule has 24 heavy (non-hydrogen) atoms. The molecular weight excluding hydrogens is 302 g/mol. The van der Waals surface area contributed by atoms with Crippen LogP contribution in [0.2, 0.25) is 0 Å². The van der Waals surface area contributed by atoms with Crippen LogP contribution in [0.5, 0.6) is 0 Å². The number of anilines is 1. The Balaban J connectivity index is 1.82. The van der Waals surface area contributed by atoms with Gasteiger partial charge in [0.1, 0.15) is 11.6 Å². The zero-order valence-corrected chi connectivity index (χ0v) is 14.6. The number of hydrogen-bond donors (Lipinski definition) is 2. The fourth-order valence-electron chi connectivity index (χ4n) is 4.26. The van der Waals surface area contributed by atoms with E-state index in [4.69, 9.17) is 10.1 Å². The first-order valence-electron chi connectivity index (χ1n) is 9.02. The Morgan fingerprint density at radius 1 is 1.25 bits per heavy atom. The van der Waals surface area contributed by atoms with Crippen LogP contribution in [0.4, 0.5) is 5.82 Å². The second-order valence-corrected chi connectivity index (χ2v) is 7.08. The summed E-state index contributed by atoms with van der Waals surface area (Å²) >= 11 is 0. The number of aromatic nitrogens is 4. The summed E-state index contributed by atoms with van der Waals surface area (Å²) in [6, 6.07) is 0.415. The van der Waals surface area contributed by atoms with Crippen molar-refractivity contribution < 1.29 is 4.79 Å². The molecule has 1 saturated carbocycles. The van der Waals surface area contributed by atoms with Crippen LogP contribution in [-0.4, -0.2) is 25.7 Å². The highest BCUT2D eigenvalue weighted by Crippen LogP contribution is 2.42. The molecule has 0 radical (unpaired) electrons. The van der Waals surface area contributed by atoms with Gasteiger partial charge in [-0.2, -0.15) is 5.10 Å². The van der Waals surface area contributed by atoms with Crippen molar-refractivity contribution in [1.82, 2.24) is 19.7 Å². The molecule has 1 aliphatic carbocycles. The number of nitrogens with zero attached hydrogens (tertiary/aromatic N) is 3. The Kier molecular flexibility index (Phi) is 3.70. The third-order valence-corrected chi connectivity index (χ3v) is 5.43. The molecule has 0 saturated heterocycles. The van der Waals surface area contributed by atoms with Crippen LogP contribution < -0.4 is 5.32 Å². The summed E-state index contributed by atoms with van der Waals surface area (Å²) in [5, 5.41) is 7.89. The van der Waals surface area contributed by atoms with Crippen LogP contribution in [0.15, 0.2) is 0 Å². The summed E-state index contributed by atoms with van der Waals surface area (Å²) in [6.07, 6.45) is 6.10. The molecule has 1 aliphatic heterocycles. The number of imidazole rings is 1. The SMILES string of the molecule is CCc1nc(C2CC(=O)Nc3c2c(C)nn3C2CCCC2)c(C)[nH]1. The van der Waals surface area contributed by atoms with Gasteiger partial charge in [-0.3, -0.25) is 4.79 Å². The monoisotopic (exact) mass is 327 g/mol. The maximum atomic E-state index is 12.4. The number of fused-ring (bicyclic) bond motifs is 1. The lowest BCUT2D eigenvalue weighted by atomic mass is 9.88. The van der Waals surface area contributed by atoms with E-state index in [-0.39, 0.29) is 11.8 Å². The summed E-state index contributed by atoms with van der Waals surface area (Å²) in [5.41, 5.74) is 4.23. The first-order chi connectivity index (χ1) is 11.6.